The Kier molecular flexibility index (Phi) is 4.06. The van der Waals surface area contributed by atoms with E-state index in [9.17, 15) is 0 Å². The van der Waals surface area contributed by atoms with Crippen LogP contribution in [0.5, 0.6) is 0 Å². The Bertz CT molecular complexity index is 324. The van der Waals surface area contributed by atoms with Crippen LogP contribution in [0.25, 0.3) is 0 Å². The van der Waals surface area contributed by atoms with Gasteiger partial charge in [-0.1, -0.05) is 0 Å². The molecule has 0 amide bonds. The van der Waals surface area contributed by atoms with Crippen LogP contribution in [0.4, 0.5) is 5.95 Å². The molecule has 1 aliphatic rings. The van der Waals surface area contributed by atoms with E-state index in [1.807, 2.05) is 0 Å². The molecule has 2 rings (SSSR count). The summed E-state index contributed by atoms with van der Waals surface area (Å²) in [5, 5.41) is 3.98. The largest absolute Gasteiger partial charge is 0.338 e. The molecule has 1 aliphatic heterocycles. The summed E-state index contributed by atoms with van der Waals surface area (Å²) in [5.74, 6) is 2.28. The predicted octanol–water partition coefficient (Wildman–Crippen LogP) is 1.42. The molecule has 90 valence electrons. The molecule has 1 aromatic heterocycles. The molecule has 1 fully saturated rings. The van der Waals surface area contributed by atoms with Crippen molar-refractivity contribution < 1.29 is 4.52 Å². The summed E-state index contributed by atoms with van der Waals surface area (Å²) >= 11 is 1.78. The highest BCUT2D eigenvalue weighted by Crippen LogP contribution is 2.20. The summed E-state index contributed by atoms with van der Waals surface area (Å²) in [6.45, 7) is 2.05. The molecular weight excluding hydrogens is 224 g/mol. The van der Waals surface area contributed by atoms with E-state index in [0.717, 1.165) is 25.3 Å². The lowest BCUT2D eigenvalue weighted by atomic mass is 10.2. The van der Waals surface area contributed by atoms with E-state index in [0.29, 0.717) is 11.8 Å². The van der Waals surface area contributed by atoms with Crippen molar-refractivity contribution in [3.05, 3.63) is 5.89 Å². The van der Waals surface area contributed by atoms with E-state index in [1.165, 1.54) is 12.8 Å². The van der Waals surface area contributed by atoms with Crippen LogP contribution in [0.1, 0.15) is 31.2 Å². The van der Waals surface area contributed by atoms with Crippen LogP contribution >= 0.6 is 11.8 Å². The van der Waals surface area contributed by atoms with E-state index in [-0.39, 0.29) is 6.04 Å². The van der Waals surface area contributed by atoms with Crippen LogP contribution in [0, 0.1) is 0 Å². The number of hydrogen-bond donors (Lipinski definition) is 1. The van der Waals surface area contributed by atoms with Gasteiger partial charge in [0.2, 0.25) is 5.89 Å². The Labute approximate surface area is 99.8 Å². The number of nitrogens with two attached hydrogens (primary N) is 1. The highest BCUT2D eigenvalue weighted by atomic mass is 32.2. The third kappa shape index (κ3) is 2.68. The van der Waals surface area contributed by atoms with Gasteiger partial charge in [0.1, 0.15) is 0 Å². The fourth-order valence-corrected chi connectivity index (χ4v) is 2.28. The van der Waals surface area contributed by atoms with Crippen LogP contribution in [0.2, 0.25) is 0 Å². The van der Waals surface area contributed by atoms with E-state index >= 15 is 0 Å². The Morgan fingerprint density at radius 1 is 1.50 bits per heavy atom. The first-order chi connectivity index (χ1) is 7.81. The first kappa shape index (κ1) is 11.7. The molecule has 1 aromatic rings. The Balaban J connectivity index is 1.95. The number of anilines is 1. The van der Waals surface area contributed by atoms with Crippen LogP contribution in [0.15, 0.2) is 4.52 Å². The van der Waals surface area contributed by atoms with Gasteiger partial charge in [-0.15, -0.1) is 0 Å². The monoisotopic (exact) mass is 242 g/mol. The fourth-order valence-electron chi connectivity index (χ4n) is 1.79. The first-order valence-corrected chi connectivity index (χ1v) is 7.03. The lowest BCUT2D eigenvalue weighted by Gasteiger charge is -2.10. The number of hydrogen-bond acceptors (Lipinski definition) is 6. The maximum Gasteiger partial charge on any atom is 0.266 e. The smallest absolute Gasteiger partial charge is 0.266 e. The molecule has 0 spiro atoms. The van der Waals surface area contributed by atoms with Gasteiger partial charge in [-0.2, -0.15) is 16.7 Å². The minimum atomic E-state index is -0.128. The predicted molar refractivity (Wildman–Crippen MR) is 65.7 cm³/mol. The zero-order valence-electron chi connectivity index (χ0n) is 9.56. The summed E-state index contributed by atoms with van der Waals surface area (Å²) in [6, 6.07) is -0.128. The van der Waals surface area contributed by atoms with Crippen LogP contribution in [-0.4, -0.2) is 35.2 Å². The summed E-state index contributed by atoms with van der Waals surface area (Å²) in [6.07, 6.45) is 5.36. The normalized spacial score (nSPS) is 18.0. The second-order valence-corrected chi connectivity index (χ2v) is 5.00. The van der Waals surface area contributed by atoms with Crippen molar-refractivity contribution in [3.8, 4) is 0 Å². The van der Waals surface area contributed by atoms with Gasteiger partial charge in [-0.25, -0.2) is 0 Å². The zero-order chi connectivity index (χ0) is 11.4. The highest BCUT2D eigenvalue weighted by molar-refractivity contribution is 7.98. The maximum absolute atomic E-state index is 5.96. The Hall–Kier alpha value is -0.750. The topological polar surface area (TPSA) is 68.2 Å². The highest BCUT2D eigenvalue weighted by Gasteiger charge is 2.20. The minimum absolute atomic E-state index is 0.128. The molecule has 0 aliphatic carbocycles. The lowest BCUT2D eigenvalue weighted by molar-refractivity contribution is 0.352. The van der Waals surface area contributed by atoms with Gasteiger partial charge in [0.15, 0.2) is 0 Å². The molecule has 0 aromatic carbocycles. The number of thioether (sulfide) groups is 1. The standard InChI is InChI=1S/C10H18N4OS/c1-16-7-4-8(11)9-12-10(13-15-9)14-5-2-3-6-14/h8H,2-7,11H2,1H3. The van der Waals surface area contributed by atoms with Gasteiger partial charge in [0, 0.05) is 13.1 Å². The van der Waals surface area contributed by atoms with E-state index < -0.39 is 0 Å². The number of rotatable bonds is 5. The SMILES string of the molecule is CSCCC(N)c1nc(N2CCCC2)no1. The van der Waals surface area contributed by atoms with Crippen molar-refractivity contribution in [2.75, 3.05) is 30.0 Å². The van der Waals surface area contributed by atoms with Crippen LogP contribution in [0.3, 0.4) is 0 Å². The van der Waals surface area contributed by atoms with E-state index in [4.69, 9.17) is 10.3 Å². The summed E-state index contributed by atoms with van der Waals surface area (Å²) < 4.78 is 5.20. The van der Waals surface area contributed by atoms with Crippen molar-refractivity contribution in [1.29, 1.82) is 0 Å². The van der Waals surface area contributed by atoms with Gasteiger partial charge < -0.3 is 15.2 Å². The van der Waals surface area contributed by atoms with E-state index in [1.54, 1.807) is 11.8 Å². The van der Waals surface area contributed by atoms with Crippen molar-refractivity contribution in [2.45, 2.75) is 25.3 Å². The second-order valence-electron chi connectivity index (χ2n) is 4.01. The number of aromatic nitrogens is 2. The molecule has 5 nitrogen and oxygen atoms in total. The molecule has 6 heteroatoms. The zero-order valence-corrected chi connectivity index (χ0v) is 10.4. The molecule has 16 heavy (non-hydrogen) atoms. The number of nitrogens with zero attached hydrogens (tertiary/aromatic N) is 3. The van der Waals surface area contributed by atoms with Crippen molar-refractivity contribution in [2.24, 2.45) is 5.73 Å². The summed E-state index contributed by atoms with van der Waals surface area (Å²) in [5.41, 5.74) is 5.96. The third-order valence-corrected chi connectivity index (χ3v) is 3.41. The van der Waals surface area contributed by atoms with Gasteiger partial charge in [0.05, 0.1) is 6.04 Å². The molecule has 0 radical (unpaired) electrons. The molecule has 0 bridgehead atoms. The average molecular weight is 242 g/mol. The molecular formula is C10H18N4OS. The van der Waals surface area contributed by atoms with Gasteiger partial charge in [0.25, 0.3) is 5.95 Å². The fraction of sp³-hybridized carbons (Fsp3) is 0.800. The van der Waals surface area contributed by atoms with Crippen LogP contribution < -0.4 is 10.6 Å². The van der Waals surface area contributed by atoms with Crippen molar-refractivity contribution in [3.63, 3.8) is 0 Å². The van der Waals surface area contributed by atoms with Crippen LogP contribution in [-0.2, 0) is 0 Å². The van der Waals surface area contributed by atoms with E-state index in [2.05, 4.69) is 21.3 Å². The molecule has 1 unspecified atom stereocenters. The van der Waals surface area contributed by atoms with Gasteiger partial charge in [-0.3, -0.25) is 0 Å². The first-order valence-electron chi connectivity index (χ1n) is 5.64. The Morgan fingerprint density at radius 3 is 2.94 bits per heavy atom. The van der Waals surface area contributed by atoms with Crippen molar-refractivity contribution >= 4 is 17.7 Å². The average Bonchev–Trinajstić information content (AvgIpc) is 2.94. The lowest BCUT2D eigenvalue weighted by Crippen LogP contribution is -2.19. The van der Waals surface area contributed by atoms with Crippen molar-refractivity contribution in [1.82, 2.24) is 10.1 Å². The second kappa shape index (κ2) is 5.54. The summed E-state index contributed by atoms with van der Waals surface area (Å²) in [7, 11) is 0. The minimum Gasteiger partial charge on any atom is -0.338 e. The third-order valence-electron chi connectivity index (χ3n) is 2.77. The maximum atomic E-state index is 5.96. The molecule has 1 saturated heterocycles. The Morgan fingerprint density at radius 2 is 2.25 bits per heavy atom. The molecule has 0 saturated carbocycles. The quantitative estimate of drug-likeness (QED) is 0.842. The van der Waals surface area contributed by atoms with Gasteiger partial charge >= 0.3 is 0 Å². The molecule has 2 N–H and O–H groups in total. The molecule has 2 heterocycles. The summed E-state index contributed by atoms with van der Waals surface area (Å²) in [4.78, 5) is 6.51. The molecule has 1 atom stereocenters. The van der Waals surface area contributed by atoms with Gasteiger partial charge in [-0.05, 0) is 36.4 Å².